The first-order chi connectivity index (χ1) is 12.2. The Morgan fingerprint density at radius 1 is 1.00 bits per heavy atom. The number of aliphatic hydroxyl groups excluding tert-OH is 1. The van der Waals surface area contributed by atoms with E-state index in [1.54, 1.807) is 14.2 Å². The molecule has 0 saturated heterocycles. The number of aliphatic hydroxyl groups is 1. The Morgan fingerprint density at radius 3 is 2.42 bits per heavy atom. The van der Waals surface area contributed by atoms with E-state index in [1.807, 2.05) is 49.4 Å². The zero-order valence-electron chi connectivity index (χ0n) is 15.5. The van der Waals surface area contributed by atoms with E-state index in [4.69, 9.17) is 14.2 Å². The number of ether oxygens (including phenoxy) is 3. The number of rotatable bonds is 10. The highest BCUT2D eigenvalue weighted by atomic mass is 35.5. The van der Waals surface area contributed by atoms with Crippen molar-refractivity contribution in [3.8, 4) is 17.2 Å². The average molecular weight is 382 g/mol. The lowest BCUT2D eigenvalue weighted by atomic mass is 10.1. The molecule has 0 aromatic heterocycles. The minimum Gasteiger partial charge on any atom is -0.493 e. The van der Waals surface area contributed by atoms with E-state index in [9.17, 15) is 5.11 Å². The number of benzene rings is 2. The van der Waals surface area contributed by atoms with Gasteiger partial charge in [0, 0.05) is 12.1 Å². The van der Waals surface area contributed by atoms with E-state index in [1.165, 1.54) is 0 Å². The van der Waals surface area contributed by atoms with Crippen LogP contribution in [0.25, 0.3) is 0 Å². The first-order valence-corrected chi connectivity index (χ1v) is 8.51. The molecule has 0 radical (unpaired) electrons. The summed E-state index contributed by atoms with van der Waals surface area (Å²) in [7, 11) is 3.26. The monoisotopic (exact) mass is 381 g/mol. The van der Waals surface area contributed by atoms with Gasteiger partial charge in [0.1, 0.15) is 5.75 Å². The zero-order valence-corrected chi connectivity index (χ0v) is 16.3. The van der Waals surface area contributed by atoms with Crippen molar-refractivity contribution in [1.82, 2.24) is 5.32 Å². The second-order valence-electron chi connectivity index (χ2n) is 5.63. The number of halogens is 1. The maximum Gasteiger partial charge on any atom is 0.160 e. The van der Waals surface area contributed by atoms with Gasteiger partial charge >= 0.3 is 0 Å². The van der Waals surface area contributed by atoms with Crippen molar-refractivity contribution in [3.63, 3.8) is 0 Å². The molecule has 6 heteroatoms. The smallest absolute Gasteiger partial charge is 0.160 e. The number of hydrogen-bond donors (Lipinski definition) is 2. The van der Waals surface area contributed by atoms with Gasteiger partial charge in [0.05, 0.1) is 26.9 Å². The van der Waals surface area contributed by atoms with Gasteiger partial charge in [0.2, 0.25) is 0 Å². The molecule has 144 valence electrons. The highest BCUT2D eigenvalue weighted by Crippen LogP contribution is 2.27. The highest BCUT2D eigenvalue weighted by Gasteiger charge is 2.12. The Kier molecular flexibility index (Phi) is 9.88. The molecule has 2 rings (SSSR count). The van der Waals surface area contributed by atoms with E-state index in [0.717, 1.165) is 41.3 Å². The SMILES string of the molecule is CCOc1ccccc1C(O)CNCCc1ccc(OC)c(OC)c1.Cl. The van der Waals surface area contributed by atoms with Gasteiger partial charge in [0.15, 0.2) is 11.5 Å². The van der Waals surface area contributed by atoms with E-state index in [-0.39, 0.29) is 12.4 Å². The fourth-order valence-corrected chi connectivity index (χ4v) is 2.66. The summed E-state index contributed by atoms with van der Waals surface area (Å²) in [5.74, 6) is 2.19. The van der Waals surface area contributed by atoms with Crippen LogP contribution in [0.4, 0.5) is 0 Å². The molecule has 0 aliphatic rings. The number of hydrogen-bond acceptors (Lipinski definition) is 5. The lowest BCUT2D eigenvalue weighted by molar-refractivity contribution is 0.169. The molecular formula is C20H28ClNO4. The van der Waals surface area contributed by atoms with E-state index < -0.39 is 6.10 Å². The molecule has 2 N–H and O–H groups in total. The van der Waals surface area contributed by atoms with Crippen LogP contribution < -0.4 is 19.5 Å². The van der Waals surface area contributed by atoms with Crippen LogP contribution in [0.2, 0.25) is 0 Å². The molecule has 26 heavy (non-hydrogen) atoms. The molecule has 5 nitrogen and oxygen atoms in total. The molecule has 0 heterocycles. The van der Waals surface area contributed by atoms with Crippen LogP contribution in [0.1, 0.15) is 24.2 Å². The van der Waals surface area contributed by atoms with Gasteiger partial charge < -0.3 is 24.6 Å². The van der Waals surface area contributed by atoms with Crippen LogP contribution in [0.3, 0.4) is 0 Å². The van der Waals surface area contributed by atoms with Gasteiger partial charge in [-0.05, 0) is 43.7 Å². The summed E-state index contributed by atoms with van der Waals surface area (Å²) in [6.07, 6.45) is 0.230. The Balaban J connectivity index is 0.00000338. The van der Waals surface area contributed by atoms with Crippen LogP contribution in [-0.2, 0) is 6.42 Å². The van der Waals surface area contributed by atoms with Crippen LogP contribution in [-0.4, -0.2) is 39.0 Å². The third-order valence-corrected chi connectivity index (χ3v) is 3.95. The summed E-state index contributed by atoms with van der Waals surface area (Å²) in [5, 5.41) is 13.7. The first-order valence-electron chi connectivity index (χ1n) is 8.51. The zero-order chi connectivity index (χ0) is 18.1. The molecule has 0 aliphatic heterocycles. The summed E-state index contributed by atoms with van der Waals surface area (Å²) in [4.78, 5) is 0. The molecular weight excluding hydrogens is 354 g/mol. The fraction of sp³-hybridized carbons (Fsp3) is 0.400. The van der Waals surface area contributed by atoms with Crippen molar-refractivity contribution in [2.24, 2.45) is 0 Å². The Hall–Kier alpha value is -1.95. The van der Waals surface area contributed by atoms with Crippen LogP contribution in [0, 0.1) is 0 Å². The molecule has 0 saturated carbocycles. The maximum atomic E-state index is 10.4. The number of para-hydroxylation sites is 1. The third-order valence-electron chi connectivity index (χ3n) is 3.95. The van der Waals surface area contributed by atoms with Crippen LogP contribution in [0.5, 0.6) is 17.2 Å². The van der Waals surface area contributed by atoms with Crippen molar-refractivity contribution in [2.75, 3.05) is 33.9 Å². The quantitative estimate of drug-likeness (QED) is 0.618. The molecule has 2 aromatic rings. The lowest BCUT2D eigenvalue weighted by Crippen LogP contribution is -2.24. The summed E-state index contributed by atoms with van der Waals surface area (Å²) >= 11 is 0. The summed E-state index contributed by atoms with van der Waals surface area (Å²) in [6, 6.07) is 13.5. The number of methoxy groups -OCH3 is 2. The van der Waals surface area contributed by atoms with E-state index in [0.29, 0.717) is 13.2 Å². The predicted molar refractivity (Wildman–Crippen MR) is 106 cm³/mol. The second kappa shape index (κ2) is 11.6. The van der Waals surface area contributed by atoms with Gasteiger partial charge in [-0.25, -0.2) is 0 Å². The Labute approximate surface area is 161 Å². The van der Waals surface area contributed by atoms with Gasteiger partial charge in [-0.3, -0.25) is 0 Å². The normalized spacial score (nSPS) is 11.4. The molecule has 2 aromatic carbocycles. The molecule has 1 atom stereocenters. The summed E-state index contributed by atoms with van der Waals surface area (Å²) in [5.41, 5.74) is 1.96. The average Bonchev–Trinajstić information content (AvgIpc) is 2.65. The van der Waals surface area contributed by atoms with Crippen molar-refractivity contribution in [2.45, 2.75) is 19.4 Å². The highest BCUT2D eigenvalue weighted by molar-refractivity contribution is 5.85. The predicted octanol–water partition coefficient (Wildman–Crippen LogP) is 3.39. The largest absolute Gasteiger partial charge is 0.493 e. The topological polar surface area (TPSA) is 60.0 Å². The van der Waals surface area contributed by atoms with Crippen molar-refractivity contribution < 1.29 is 19.3 Å². The molecule has 0 bridgehead atoms. The standard InChI is InChI=1S/C20H27NO4.ClH/c1-4-25-18-8-6-5-7-16(18)17(22)14-21-12-11-15-9-10-19(23-2)20(13-15)24-3;/h5-10,13,17,21-22H,4,11-12,14H2,1-3H3;1H. The maximum absolute atomic E-state index is 10.4. The summed E-state index contributed by atoms with van der Waals surface area (Å²) in [6.45, 7) is 3.74. The first kappa shape index (κ1) is 22.1. The van der Waals surface area contributed by atoms with Gasteiger partial charge in [-0.1, -0.05) is 24.3 Å². The van der Waals surface area contributed by atoms with Crippen molar-refractivity contribution in [1.29, 1.82) is 0 Å². The fourth-order valence-electron chi connectivity index (χ4n) is 2.66. The molecule has 0 aliphatic carbocycles. The van der Waals surface area contributed by atoms with Gasteiger partial charge in [0.25, 0.3) is 0 Å². The lowest BCUT2D eigenvalue weighted by Gasteiger charge is -2.16. The molecule has 0 fully saturated rings. The minimum absolute atomic E-state index is 0. The molecule has 1 unspecified atom stereocenters. The molecule has 0 amide bonds. The minimum atomic E-state index is -0.604. The van der Waals surface area contributed by atoms with Gasteiger partial charge in [-0.2, -0.15) is 0 Å². The molecule has 0 spiro atoms. The second-order valence-corrected chi connectivity index (χ2v) is 5.63. The van der Waals surface area contributed by atoms with E-state index in [2.05, 4.69) is 5.32 Å². The Morgan fingerprint density at radius 2 is 1.73 bits per heavy atom. The Bertz CT molecular complexity index is 666. The third kappa shape index (κ3) is 6.09. The van der Waals surface area contributed by atoms with E-state index >= 15 is 0 Å². The summed E-state index contributed by atoms with van der Waals surface area (Å²) < 4.78 is 16.1. The van der Waals surface area contributed by atoms with Crippen molar-refractivity contribution >= 4 is 12.4 Å². The van der Waals surface area contributed by atoms with Crippen molar-refractivity contribution in [3.05, 3.63) is 53.6 Å². The number of nitrogens with one attached hydrogen (secondary N) is 1. The van der Waals surface area contributed by atoms with Crippen LogP contribution >= 0.6 is 12.4 Å². The van der Waals surface area contributed by atoms with Crippen LogP contribution in [0.15, 0.2) is 42.5 Å². The van der Waals surface area contributed by atoms with Gasteiger partial charge in [-0.15, -0.1) is 12.4 Å².